The number of aromatic nitrogens is 1. The Morgan fingerprint density at radius 3 is 3.00 bits per heavy atom. The molecule has 1 aliphatic rings. The van der Waals surface area contributed by atoms with Gasteiger partial charge < -0.3 is 14.2 Å². The number of pyridine rings is 1. The molecule has 1 aromatic rings. The van der Waals surface area contributed by atoms with Crippen LogP contribution in [0.4, 0.5) is 0 Å². The summed E-state index contributed by atoms with van der Waals surface area (Å²) < 4.78 is 6.81. The molecule has 2 heterocycles. The topological polar surface area (TPSA) is 34.5 Å². The van der Waals surface area contributed by atoms with Crippen LogP contribution in [0.3, 0.4) is 0 Å². The first kappa shape index (κ1) is 13.1. The van der Waals surface area contributed by atoms with Crippen molar-refractivity contribution < 1.29 is 4.74 Å². The lowest BCUT2D eigenvalue weighted by atomic mass is 10.0. The SMILES string of the molecule is COc1cccn(CC[C@H]2CCCCN2C)c1=O. The molecule has 0 radical (unpaired) electrons. The monoisotopic (exact) mass is 250 g/mol. The average Bonchev–Trinajstić information content (AvgIpc) is 2.39. The lowest BCUT2D eigenvalue weighted by Gasteiger charge is -2.32. The van der Waals surface area contributed by atoms with Crippen LogP contribution < -0.4 is 10.3 Å². The summed E-state index contributed by atoms with van der Waals surface area (Å²) in [5, 5.41) is 0. The van der Waals surface area contributed by atoms with E-state index in [0.29, 0.717) is 11.8 Å². The van der Waals surface area contributed by atoms with Crippen molar-refractivity contribution in [1.29, 1.82) is 0 Å². The maximum absolute atomic E-state index is 12.0. The Morgan fingerprint density at radius 1 is 1.44 bits per heavy atom. The van der Waals surface area contributed by atoms with Gasteiger partial charge in [-0.2, -0.15) is 0 Å². The third-order valence-electron chi connectivity index (χ3n) is 3.83. The van der Waals surface area contributed by atoms with Crippen LogP contribution >= 0.6 is 0 Å². The van der Waals surface area contributed by atoms with Gasteiger partial charge in [0.2, 0.25) is 0 Å². The fourth-order valence-electron chi connectivity index (χ4n) is 2.64. The van der Waals surface area contributed by atoms with Gasteiger partial charge in [-0.05, 0) is 45.0 Å². The van der Waals surface area contributed by atoms with Gasteiger partial charge in [0.15, 0.2) is 5.75 Å². The normalized spacial score (nSPS) is 20.9. The van der Waals surface area contributed by atoms with Crippen LogP contribution in [0.15, 0.2) is 23.1 Å². The molecule has 1 atom stereocenters. The first-order valence-corrected chi connectivity index (χ1v) is 6.66. The van der Waals surface area contributed by atoms with E-state index in [1.54, 1.807) is 10.6 Å². The summed E-state index contributed by atoms with van der Waals surface area (Å²) in [6.45, 7) is 1.95. The van der Waals surface area contributed by atoms with Gasteiger partial charge in [-0.1, -0.05) is 6.42 Å². The van der Waals surface area contributed by atoms with Crippen molar-refractivity contribution >= 4 is 0 Å². The molecule has 1 saturated heterocycles. The van der Waals surface area contributed by atoms with Gasteiger partial charge in [0.25, 0.3) is 5.56 Å². The number of rotatable bonds is 4. The number of piperidine rings is 1. The molecule has 4 heteroatoms. The summed E-state index contributed by atoms with van der Waals surface area (Å²) in [5.41, 5.74) is -0.0292. The van der Waals surface area contributed by atoms with Gasteiger partial charge >= 0.3 is 0 Å². The molecule has 0 saturated carbocycles. The standard InChI is InChI=1S/C14H22N2O2/c1-15-9-4-3-6-12(15)8-11-16-10-5-7-13(18-2)14(16)17/h5,7,10,12H,3-4,6,8-9,11H2,1-2H3/t12-/m1/s1. The number of hydrogen-bond donors (Lipinski definition) is 0. The summed E-state index contributed by atoms with van der Waals surface area (Å²) in [5.74, 6) is 0.425. The number of hydrogen-bond acceptors (Lipinski definition) is 3. The van der Waals surface area contributed by atoms with Crippen LogP contribution in [0.1, 0.15) is 25.7 Å². The summed E-state index contributed by atoms with van der Waals surface area (Å²) in [6.07, 6.45) is 6.72. The molecule has 4 nitrogen and oxygen atoms in total. The van der Waals surface area contributed by atoms with Crippen molar-refractivity contribution in [1.82, 2.24) is 9.47 Å². The minimum absolute atomic E-state index is 0.0292. The van der Waals surface area contributed by atoms with Gasteiger partial charge in [0.05, 0.1) is 7.11 Å². The summed E-state index contributed by atoms with van der Waals surface area (Å²) in [4.78, 5) is 14.4. The van der Waals surface area contributed by atoms with Gasteiger partial charge in [0, 0.05) is 18.8 Å². The van der Waals surface area contributed by atoms with Crippen molar-refractivity contribution in [3.63, 3.8) is 0 Å². The lowest BCUT2D eigenvalue weighted by molar-refractivity contribution is 0.170. The molecule has 0 amide bonds. The van der Waals surface area contributed by atoms with Crippen molar-refractivity contribution in [2.24, 2.45) is 0 Å². The summed E-state index contributed by atoms with van der Waals surface area (Å²) >= 11 is 0. The molecule has 0 aromatic carbocycles. The van der Waals surface area contributed by atoms with Crippen molar-refractivity contribution in [3.05, 3.63) is 28.7 Å². The second-order valence-corrected chi connectivity index (χ2v) is 4.99. The van der Waals surface area contributed by atoms with E-state index < -0.39 is 0 Å². The molecule has 1 aliphatic heterocycles. The minimum Gasteiger partial charge on any atom is -0.491 e. The molecular weight excluding hydrogens is 228 g/mol. The Hall–Kier alpha value is -1.29. The Balaban J connectivity index is 1.99. The molecule has 1 aromatic heterocycles. The minimum atomic E-state index is -0.0292. The van der Waals surface area contributed by atoms with Crippen LogP contribution in [0.2, 0.25) is 0 Å². The molecule has 0 N–H and O–H groups in total. The fourth-order valence-corrected chi connectivity index (χ4v) is 2.64. The number of ether oxygens (including phenoxy) is 1. The molecule has 100 valence electrons. The quantitative estimate of drug-likeness (QED) is 0.816. The highest BCUT2D eigenvalue weighted by atomic mass is 16.5. The van der Waals surface area contributed by atoms with Crippen molar-refractivity contribution in [2.75, 3.05) is 20.7 Å². The third-order valence-corrected chi connectivity index (χ3v) is 3.83. The Labute approximate surface area is 108 Å². The van der Waals surface area contributed by atoms with E-state index in [0.717, 1.165) is 13.0 Å². The van der Waals surface area contributed by atoms with E-state index in [4.69, 9.17) is 4.74 Å². The largest absolute Gasteiger partial charge is 0.491 e. The third kappa shape index (κ3) is 2.93. The molecule has 2 rings (SSSR count). The lowest BCUT2D eigenvalue weighted by Crippen LogP contribution is -2.37. The Morgan fingerprint density at radius 2 is 2.28 bits per heavy atom. The fraction of sp³-hybridized carbons (Fsp3) is 0.643. The number of methoxy groups -OCH3 is 1. The van der Waals surface area contributed by atoms with E-state index in [2.05, 4.69) is 11.9 Å². The van der Waals surface area contributed by atoms with Crippen LogP contribution in [0.5, 0.6) is 5.75 Å². The first-order valence-electron chi connectivity index (χ1n) is 6.66. The van der Waals surface area contributed by atoms with E-state index in [1.807, 2.05) is 12.3 Å². The van der Waals surface area contributed by atoms with E-state index in [-0.39, 0.29) is 5.56 Å². The number of nitrogens with zero attached hydrogens (tertiary/aromatic N) is 2. The molecular formula is C14H22N2O2. The van der Waals surface area contributed by atoms with Gasteiger partial charge in [0.1, 0.15) is 0 Å². The maximum atomic E-state index is 12.0. The Bertz CT molecular complexity index is 442. The first-order chi connectivity index (χ1) is 8.72. The van der Waals surface area contributed by atoms with Gasteiger partial charge in [-0.15, -0.1) is 0 Å². The van der Waals surface area contributed by atoms with E-state index in [9.17, 15) is 4.79 Å². The molecule has 0 unspecified atom stereocenters. The molecule has 1 fully saturated rings. The zero-order chi connectivity index (χ0) is 13.0. The van der Waals surface area contributed by atoms with Gasteiger partial charge in [-0.25, -0.2) is 0 Å². The van der Waals surface area contributed by atoms with E-state index >= 15 is 0 Å². The van der Waals surface area contributed by atoms with Gasteiger partial charge in [-0.3, -0.25) is 4.79 Å². The van der Waals surface area contributed by atoms with Crippen LogP contribution in [-0.4, -0.2) is 36.2 Å². The van der Waals surface area contributed by atoms with Crippen LogP contribution in [0, 0.1) is 0 Å². The summed E-state index contributed by atoms with van der Waals surface area (Å²) in [7, 11) is 3.72. The highest BCUT2D eigenvalue weighted by Gasteiger charge is 2.18. The second kappa shape index (κ2) is 6.05. The van der Waals surface area contributed by atoms with Crippen molar-refractivity contribution in [3.8, 4) is 5.75 Å². The highest BCUT2D eigenvalue weighted by molar-refractivity contribution is 5.16. The number of aryl methyl sites for hydroxylation is 1. The smallest absolute Gasteiger partial charge is 0.292 e. The maximum Gasteiger partial charge on any atom is 0.292 e. The predicted octanol–water partition coefficient (Wildman–Crippen LogP) is 1.73. The van der Waals surface area contributed by atoms with E-state index in [1.165, 1.54) is 32.9 Å². The number of likely N-dealkylation sites (tertiary alicyclic amines) is 1. The predicted molar refractivity (Wildman–Crippen MR) is 72.1 cm³/mol. The van der Waals surface area contributed by atoms with Crippen LogP contribution in [0.25, 0.3) is 0 Å². The summed E-state index contributed by atoms with van der Waals surface area (Å²) in [6, 6.07) is 4.19. The van der Waals surface area contributed by atoms with Crippen molar-refractivity contribution in [2.45, 2.75) is 38.3 Å². The zero-order valence-electron chi connectivity index (χ0n) is 11.3. The molecule has 0 spiro atoms. The average molecular weight is 250 g/mol. The highest BCUT2D eigenvalue weighted by Crippen LogP contribution is 2.18. The Kier molecular flexibility index (Phi) is 4.42. The van der Waals surface area contributed by atoms with Crippen LogP contribution in [-0.2, 0) is 6.54 Å². The molecule has 0 bridgehead atoms. The zero-order valence-corrected chi connectivity index (χ0v) is 11.3. The molecule has 0 aliphatic carbocycles. The molecule has 18 heavy (non-hydrogen) atoms. The second-order valence-electron chi connectivity index (χ2n) is 4.99.